The van der Waals surface area contributed by atoms with Gasteiger partial charge in [0.25, 0.3) is 0 Å². The van der Waals surface area contributed by atoms with Gasteiger partial charge in [0.05, 0.1) is 0 Å². The summed E-state index contributed by atoms with van der Waals surface area (Å²) < 4.78 is 0. The molecular formula is C20H31N. The van der Waals surface area contributed by atoms with Crippen LogP contribution in [-0.4, -0.2) is 12.6 Å². The summed E-state index contributed by atoms with van der Waals surface area (Å²) in [7, 11) is 2.16. The van der Waals surface area contributed by atoms with E-state index in [1.165, 1.54) is 31.2 Å². The second-order valence-corrected chi connectivity index (χ2v) is 7.97. The van der Waals surface area contributed by atoms with Crippen LogP contribution in [-0.2, 0) is 6.42 Å². The molecule has 0 saturated heterocycles. The van der Waals surface area contributed by atoms with Crippen LogP contribution in [0.3, 0.4) is 0 Å². The Balaban J connectivity index is 2.01. The Morgan fingerprint density at radius 1 is 1.24 bits per heavy atom. The summed E-state index contributed by atoms with van der Waals surface area (Å²) in [5.74, 6) is 3.00. The van der Waals surface area contributed by atoms with E-state index in [1.807, 2.05) is 0 Å². The topological polar surface area (TPSA) is 12.0 Å². The van der Waals surface area contributed by atoms with Crippen LogP contribution in [0, 0.1) is 11.8 Å². The molecule has 1 aromatic rings. The monoisotopic (exact) mass is 285 g/mol. The number of nitrogens with one attached hydrogen (secondary N) is 1. The van der Waals surface area contributed by atoms with Gasteiger partial charge < -0.3 is 5.32 Å². The Morgan fingerprint density at radius 2 is 2.00 bits per heavy atom. The summed E-state index contributed by atoms with van der Waals surface area (Å²) in [5, 5.41) is 3.66. The molecule has 4 atom stereocenters. The molecule has 0 spiro atoms. The Kier molecular flexibility index (Phi) is 3.90. The zero-order valence-electron chi connectivity index (χ0n) is 14.4. The number of hydrogen-bond donors (Lipinski definition) is 1. The van der Waals surface area contributed by atoms with Gasteiger partial charge in [0.1, 0.15) is 0 Å². The van der Waals surface area contributed by atoms with Crippen LogP contribution < -0.4 is 5.32 Å². The van der Waals surface area contributed by atoms with E-state index in [0.717, 1.165) is 17.8 Å². The zero-order valence-corrected chi connectivity index (χ0v) is 14.4. The second-order valence-electron chi connectivity index (χ2n) is 7.97. The standard InChI is InChI=1S/C20H31N/c1-13(2)15-6-8-17-16(12-15)7-9-18-19(17)14(3)10-11-20(18,4)21-5/h6,8,12-14,18-19,21H,7,9-11H2,1-5H3/t14-,18+,19+,20+/m0/s1. The molecule has 1 saturated carbocycles. The molecule has 0 radical (unpaired) electrons. The Bertz CT molecular complexity index is 519. The van der Waals surface area contributed by atoms with Gasteiger partial charge in [0.2, 0.25) is 0 Å². The van der Waals surface area contributed by atoms with Crippen molar-refractivity contribution < 1.29 is 0 Å². The molecule has 1 N–H and O–H groups in total. The third-order valence-electron chi connectivity index (χ3n) is 6.47. The highest BCUT2D eigenvalue weighted by Crippen LogP contribution is 2.52. The lowest BCUT2D eigenvalue weighted by Crippen LogP contribution is -2.54. The molecule has 1 fully saturated rings. The highest BCUT2D eigenvalue weighted by Gasteiger charge is 2.46. The van der Waals surface area contributed by atoms with Crippen LogP contribution in [0.1, 0.15) is 75.5 Å². The van der Waals surface area contributed by atoms with Gasteiger partial charge in [-0.3, -0.25) is 0 Å². The van der Waals surface area contributed by atoms with Crippen LogP contribution in [0.25, 0.3) is 0 Å². The van der Waals surface area contributed by atoms with Crippen molar-refractivity contribution in [1.82, 2.24) is 5.32 Å². The quantitative estimate of drug-likeness (QED) is 0.818. The molecule has 3 rings (SSSR count). The van der Waals surface area contributed by atoms with Crippen LogP contribution in [0.15, 0.2) is 18.2 Å². The van der Waals surface area contributed by atoms with E-state index in [-0.39, 0.29) is 0 Å². The summed E-state index contributed by atoms with van der Waals surface area (Å²) in [6, 6.07) is 7.33. The van der Waals surface area contributed by atoms with Crippen LogP contribution in [0.5, 0.6) is 0 Å². The number of fused-ring (bicyclic) bond motifs is 3. The van der Waals surface area contributed by atoms with E-state index in [9.17, 15) is 0 Å². The molecule has 1 heteroatoms. The van der Waals surface area contributed by atoms with Gasteiger partial charge in [0.15, 0.2) is 0 Å². The summed E-state index contributed by atoms with van der Waals surface area (Å²) >= 11 is 0. The summed E-state index contributed by atoms with van der Waals surface area (Å²) in [4.78, 5) is 0. The fourth-order valence-corrected chi connectivity index (χ4v) is 4.85. The van der Waals surface area contributed by atoms with E-state index in [2.05, 4.69) is 58.3 Å². The van der Waals surface area contributed by atoms with E-state index in [4.69, 9.17) is 0 Å². The molecule has 116 valence electrons. The lowest BCUT2D eigenvalue weighted by atomic mass is 9.57. The molecule has 0 heterocycles. The number of benzene rings is 1. The van der Waals surface area contributed by atoms with Crippen molar-refractivity contribution in [3.8, 4) is 0 Å². The van der Waals surface area contributed by atoms with Gasteiger partial charge in [-0.15, -0.1) is 0 Å². The molecule has 0 amide bonds. The lowest BCUT2D eigenvalue weighted by molar-refractivity contribution is 0.0910. The zero-order chi connectivity index (χ0) is 15.2. The second kappa shape index (κ2) is 5.43. The maximum Gasteiger partial charge on any atom is 0.0184 e. The van der Waals surface area contributed by atoms with Gasteiger partial charge in [-0.2, -0.15) is 0 Å². The van der Waals surface area contributed by atoms with Crippen molar-refractivity contribution in [1.29, 1.82) is 0 Å². The molecule has 1 aromatic carbocycles. The average Bonchev–Trinajstić information content (AvgIpc) is 2.49. The SMILES string of the molecule is CN[C@]1(C)CC[C@H](C)[C@@H]2c3ccc(C(C)C)cc3CC[C@H]21. The minimum absolute atomic E-state index is 0.325. The van der Waals surface area contributed by atoms with Gasteiger partial charge >= 0.3 is 0 Å². The van der Waals surface area contributed by atoms with E-state index in [1.54, 1.807) is 11.1 Å². The predicted octanol–water partition coefficient (Wildman–Crippen LogP) is 4.86. The highest BCUT2D eigenvalue weighted by molar-refractivity contribution is 5.39. The third-order valence-corrected chi connectivity index (χ3v) is 6.47. The molecule has 0 bridgehead atoms. The van der Waals surface area contributed by atoms with E-state index in [0.29, 0.717) is 11.5 Å². The van der Waals surface area contributed by atoms with Crippen molar-refractivity contribution in [2.24, 2.45) is 11.8 Å². The van der Waals surface area contributed by atoms with Gasteiger partial charge in [-0.25, -0.2) is 0 Å². The first kappa shape index (κ1) is 15.1. The van der Waals surface area contributed by atoms with E-state index >= 15 is 0 Å². The average molecular weight is 285 g/mol. The van der Waals surface area contributed by atoms with Crippen molar-refractivity contribution >= 4 is 0 Å². The Hall–Kier alpha value is -0.820. The van der Waals surface area contributed by atoms with Gasteiger partial charge in [-0.1, -0.05) is 39.0 Å². The van der Waals surface area contributed by atoms with E-state index < -0.39 is 0 Å². The molecule has 21 heavy (non-hydrogen) atoms. The fraction of sp³-hybridized carbons (Fsp3) is 0.700. The van der Waals surface area contributed by atoms with Crippen molar-refractivity contribution in [3.63, 3.8) is 0 Å². The largest absolute Gasteiger partial charge is 0.314 e. The van der Waals surface area contributed by atoms with Gasteiger partial charge in [0, 0.05) is 5.54 Å². The summed E-state index contributed by atoms with van der Waals surface area (Å²) in [5.41, 5.74) is 5.12. The minimum atomic E-state index is 0.325. The molecule has 2 aliphatic carbocycles. The van der Waals surface area contributed by atoms with Crippen LogP contribution in [0.4, 0.5) is 0 Å². The molecular weight excluding hydrogens is 254 g/mol. The maximum atomic E-state index is 3.66. The summed E-state index contributed by atoms with van der Waals surface area (Å²) in [6.07, 6.45) is 5.29. The van der Waals surface area contributed by atoms with Gasteiger partial charge in [-0.05, 0) is 80.0 Å². The minimum Gasteiger partial charge on any atom is -0.314 e. The molecule has 0 aliphatic heterocycles. The maximum absolute atomic E-state index is 3.66. The first-order valence-electron chi connectivity index (χ1n) is 8.78. The van der Waals surface area contributed by atoms with Crippen LogP contribution >= 0.6 is 0 Å². The van der Waals surface area contributed by atoms with Crippen LogP contribution in [0.2, 0.25) is 0 Å². The first-order chi connectivity index (χ1) is 9.96. The Labute approximate surface area is 130 Å². The highest BCUT2D eigenvalue weighted by atomic mass is 14.9. The van der Waals surface area contributed by atoms with Crippen molar-refractivity contribution in [2.45, 2.75) is 70.8 Å². The predicted molar refractivity (Wildman–Crippen MR) is 90.9 cm³/mol. The molecule has 0 unspecified atom stereocenters. The summed E-state index contributed by atoms with van der Waals surface area (Å²) in [6.45, 7) is 9.52. The first-order valence-corrected chi connectivity index (χ1v) is 8.78. The smallest absolute Gasteiger partial charge is 0.0184 e. The molecule has 2 aliphatic rings. The molecule has 0 aromatic heterocycles. The normalized spacial score (nSPS) is 35.4. The number of hydrogen-bond acceptors (Lipinski definition) is 1. The fourth-order valence-electron chi connectivity index (χ4n) is 4.85. The Morgan fingerprint density at radius 3 is 2.67 bits per heavy atom. The third kappa shape index (κ3) is 2.44. The molecule has 1 nitrogen and oxygen atoms in total. The number of rotatable bonds is 2. The van der Waals surface area contributed by atoms with Crippen molar-refractivity contribution in [3.05, 3.63) is 34.9 Å². The van der Waals surface area contributed by atoms with Crippen molar-refractivity contribution in [2.75, 3.05) is 7.05 Å². The number of aryl methyl sites for hydroxylation is 1. The lowest BCUT2D eigenvalue weighted by Gasteiger charge is -2.52.